The predicted octanol–water partition coefficient (Wildman–Crippen LogP) is 0.787. The van der Waals surface area contributed by atoms with Crippen molar-refractivity contribution < 1.29 is 19.3 Å². The van der Waals surface area contributed by atoms with Gasteiger partial charge in [0.25, 0.3) is 0 Å². The Morgan fingerprint density at radius 3 is 2.86 bits per heavy atom. The molecule has 21 heavy (non-hydrogen) atoms. The molecular formula is C15H24N2O4. The average Bonchev–Trinajstić information content (AvgIpc) is 2.87. The number of hydrogen-bond acceptors (Lipinski definition) is 6. The van der Waals surface area contributed by atoms with Crippen LogP contribution in [0.15, 0.2) is 29.4 Å². The van der Waals surface area contributed by atoms with Crippen LogP contribution in [0, 0.1) is 5.92 Å². The molecule has 0 aromatic rings. The van der Waals surface area contributed by atoms with Crippen LogP contribution in [0.5, 0.6) is 0 Å². The van der Waals surface area contributed by atoms with Crippen LogP contribution in [-0.4, -0.2) is 68.2 Å². The molecule has 0 aromatic heterocycles. The molecule has 1 heterocycles. The Morgan fingerprint density at radius 1 is 1.29 bits per heavy atom. The summed E-state index contributed by atoms with van der Waals surface area (Å²) in [6, 6.07) is 0.131. The van der Waals surface area contributed by atoms with Crippen molar-refractivity contribution in [3.8, 4) is 0 Å². The molecule has 6 heteroatoms. The zero-order chi connectivity index (χ0) is 15.1. The third kappa shape index (κ3) is 4.14. The summed E-state index contributed by atoms with van der Waals surface area (Å²) >= 11 is 0. The fraction of sp³-hybridized carbons (Fsp3) is 0.667. The Labute approximate surface area is 125 Å². The van der Waals surface area contributed by atoms with Gasteiger partial charge in [0.05, 0.1) is 32.4 Å². The molecule has 1 aliphatic heterocycles. The number of methoxy groups -OCH3 is 1. The first-order valence-corrected chi connectivity index (χ1v) is 7.34. The molecule has 0 aromatic carbocycles. The average molecular weight is 296 g/mol. The maximum absolute atomic E-state index is 10.1. The Hall–Kier alpha value is -1.21. The van der Waals surface area contributed by atoms with E-state index in [0.29, 0.717) is 38.7 Å². The highest BCUT2D eigenvalue weighted by Gasteiger charge is 2.38. The lowest BCUT2D eigenvalue weighted by Crippen LogP contribution is -2.36. The number of aliphatic hydroxyl groups excluding tert-OH is 1. The highest BCUT2D eigenvalue weighted by Crippen LogP contribution is 2.28. The number of ether oxygens (including phenoxy) is 3. The van der Waals surface area contributed by atoms with E-state index in [0.717, 1.165) is 0 Å². The minimum atomic E-state index is -0.946. The lowest BCUT2D eigenvalue weighted by atomic mass is 9.91. The van der Waals surface area contributed by atoms with Gasteiger partial charge in [0, 0.05) is 19.6 Å². The van der Waals surface area contributed by atoms with Crippen molar-refractivity contribution in [2.45, 2.75) is 19.3 Å². The molecule has 1 aliphatic carbocycles. The first-order valence-electron chi connectivity index (χ1n) is 7.34. The van der Waals surface area contributed by atoms with Crippen LogP contribution in [0.3, 0.4) is 0 Å². The molecule has 3 atom stereocenters. The lowest BCUT2D eigenvalue weighted by Gasteiger charge is -2.25. The van der Waals surface area contributed by atoms with Crippen LogP contribution in [-0.2, 0) is 14.2 Å². The van der Waals surface area contributed by atoms with E-state index in [1.54, 1.807) is 7.11 Å². The van der Waals surface area contributed by atoms with Gasteiger partial charge in [0.1, 0.15) is 5.71 Å². The number of hydrogen-bond donors (Lipinski definition) is 1. The second-order valence-electron chi connectivity index (χ2n) is 4.89. The Balaban J connectivity index is 1.93. The Bertz CT molecular complexity index is 408. The number of rotatable bonds is 9. The quantitative estimate of drug-likeness (QED) is 0.503. The minimum absolute atomic E-state index is 0.0653. The van der Waals surface area contributed by atoms with Crippen molar-refractivity contribution >= 4 is 5.71 Å². The van der Waals surface area contributed by atoms with E-state index in [-0.39, 0.29) is 12.0 Å². The van der Waals surface area contributed by atoms with Crippen molar-refractivity contribution in [2.75, 3.05) is 40.1 Å². The molecule has 1 N–H and O–H groups in total. The number of hydrazone groups is 1. The van der Waals surface area contributed by atoms with Crippen molar-refractivity contribution in [3.05, 3.63) is 24.3 Å². The van der Waals surface area contributed by atoms with Crippen molar-refractivity contribution in [3.63, 3.8) is 0 Å². The summed E-state index contributed by atoms with van der Waals surface area (Å²) in [5.74, 6) is 0.0653. The molecule has 0 spiro atoms. The van der Waals surface area contributed by atoms with Crippen LogP contribution in [0.2, 0.25) is 0 Å². The van der Waals surface area contributed by atoms with E-state index in [2.05, 4.69) is 17.3 Å². The SMILES string of the molecule is CCOC(O)C1=NN(CCOCCOC)C2C=CC=CC12. The van der Waals surface area contributed by atoms with E-state index in [4.69, 9.17) is 14.2 Å². The van der Waals surface area contributed by atoms with Gasteiger partial charge in [-0.05, 0) is 6.92 Å². The Kier molecular flexibility index (Phi) is 6.38. The lowest BCUT2D eigenvalue weighted by molar-refractivity contribution is -0.0459. The van der Waals surface area contributed by atoms with Crippen LogP contribution < -0.4 is 0 Å². The molecule has 2 rings (SSSR count). The molecule has 3 unspecified atom stereocenters. The normalized spacial score (nSPS) is 25.1. The molecule has 6 nitrogen and oxygen atoms in total. The van der Waals surface area contributed by atoms with E-state index in [1.807, 2.05) is 24.1 Å². The summed E-state index contributed by atoms with van der Waals surface area (Å²) in [4.78, 5) is 0. The molecule has 0 bridgehead atoms. The third-order valence-electron chi connectivity index (χ3n) is 3.51. The summed E-state index contributed by atoms with van der Waals surface area (Å²) < 4.78 is 15.7. The Morgan fingerprint density at radius 2 is 2.10 bits per heavy atom. The van der Waals surface area contributed by atoms with Crippen molar-refractivity contribution in [1.29, 1.82) is 0 Å². The smallest absolute Gasteiger partial charge is 0.197 e. The predicted molar refractivity (Wildman–Crippen MR) is 80.0 cm³/mol. The van der Waals surface area contributed by atoms with Gasteiger partial charge in [0.2, 0.25) is 0 Å². The van der Waals surface area contributed by atoms with Gasteiger partial charge >= 0.3 is 0 Å². The van der Waals surface area contributed by atoms with E-state index in [9.17, 15) is 5.11 Å². The second-order valence-corrected chi connectivity index (χ2v) is 4.89. The summed E-state index contributed by atoms with van der Waals surface area (Å²) in [5.41, 5.74) is 0.666. The van der Waals surface area contributed by atoms with E-state index >= 15 is 0 Å². The maximum Gasteiger partial charge on any atom is 0.197 e. The summed E-state index contributed by atoms with van der Waals surface area (Å²) in [6.45, 7) is 4.72. The second kappa shape index (κ2) is 8.29. The maximum atomic E-state index is 10.1. The zero-order valence-corrected chi connectivity index (χ0v) is 12.6. The number of nitrogens with zero attached hydrogens (tertiary/aromatic N) is 2. The highest BCUT2D eigenvalue weighted by molar-refractivity contribution is 5.93. The van der Waals surface area contributed by atoms with Crippen LogP contribution in [0.25, 0.3) is 0 Å². The monoisotopic (exact) mass is 296 g/mol. The number of fused-ring (bicyclic) bond motifs is 1. The van der Waals surface area contributed by atoms with Crippen LogP contribution >= 0.6 is 0 Å². The number of allylic oxidation sites excluding steroid dienone is 2. The molecule has 118 valence electrons. The molecular weight excluding hydrogens is 272 g/mol. The molecule has 0 fully saturated rings. The van der Waals surface area contributed by atoms with Gasteiger partial charge in [-0.2, -0.15) is 5.10 Å². The third-order valence-corrected chi connectivity index (χ3v) is 3.51. The van der Waals surface area contributed by atoms with Gasteiger partial charge in [-0.25, -0.2) is 0 Å². The molecule has 0 radical (unpaired) electrons. The van der Waals surface area contributed by atoms with Gasteiger partial charge in [-0.15, -0.1) is 0 Å². The van der Waals surface area contributed by atoms with Gasteiger partial charge in [-0.1, -0.05) is 24.3 Å². The van der Waals surface area contributed by atoms with Gasteiger partial charge in [0.15, 0.2) is 6.29 Å². The van der Waals surface area contributed by atoms with Gasteiger partial charge < -0.3 is 19.3 Å². The fourth-order valence-corrected chi connectivity index (χ4v) is 2.49. The van der Waals surface area contributed by atoms with Crippen molar-refractivity contribution in [2.24, 2.45) is 11.0 Å². The topological polar surface area (TPSA) is 63.5 Å². The summed E-state index contributed by atoms with van der Waals surface area (Å²) in [5, 5.41) is 16.5. The summed E-state index contributed by atoms with van der Waals surface area (Å²) in [6.07, 6.45) is 7.18. The summed E-state index contributed by atoms with van der Waals surface area (Å²) in [7, 11) is 1.65. The van der Waals surface area contributed by atoms with Crippen molar-refractivity contribution in [1.82, 2.24) is 5.01 Å². The largest absolute Gasteiger partial charge is 0.382 e. The molecule has 0 saturated heterocycles. The molecule has 0 amide bonds. The molecule has 0 saturated carbocycles. The first-order chi connectivity index (χ1) is 10.3. The van der Waals surface area contributed by atoms with Gasteiger partial charge in [-0.3, -0.25) is 5.01 Å². The van der Waals surface area contributed by atoms with Crippen LogP contribution in [0.1, 0.15) is 6.92 Å². The van der Waals surface area contributed by atoms with E-state index < -0.39 is 6.29 Å². The highest BCUT2D eigenvalue weighted by atomic mass is 16.6. The van der Waals surface area contributed by atoms with Crippen LogP contribution in [0.4, 0.5) is 0 Å². The zero-order valence-electron chi connectivity index (χ0n) is 12.6. The fourth-order valence-electron chi connectivity index (χ4n) is 2.49. The first kappa shape index (κ1) is 16.2. The van der Waals surface area contributed by atoms with E-state index in [1.165, 1.54) is 0 Å². The minimum Gasteiger partial charge on any atom is -0.382 e. The standard InChI is InChI=1S/C15H24N2O4/c1-3-21-15(18)14-12-6-4-5-7-13(12)17(16-14)8-9-20-11-10-19-2/h4-7,12-13,15,18H,3,8-11H2,1-2H3. The number of aliphatic hydroxyl groups is 1. The molecule has 2 aliphatic rings.